The van der Waals surface area contributed by atoms with Gasteiger partial charge in [0.2, 0.25) is 5.91 Å². The summed E-state index contributed by atoms with van der Waals surface area (Å²) in [5.74, 6) is -0.312. The van der Waals surface area contributed by atoms with Gasteiger partial charge in [-0.15, -0.1) is 0 Å². The van der Waals surface area contributed by atoms with Gasteiger partial charge >= 0.3 is 0 Å². The van der Waals surface area contributed by atoms with Crippen molar-refractivity contribution < 1.29 is 13.6 Å². The predicted molar refractivity (Wildman–Crippen MR) is 100 cm³/mol. The van der Waals surface area contributed by atoms with Crippen molar-refractivity contribution in [2.45, 2.75) is 31.2 Å². The molecule has 0 atom stereocenters. The summed E-state index contributed by atoms with van der Waals surface area (Å²) >= 11 is 0. The molecule has 2 aliphatic rings. The molecule has 1 aliphatic heterocycles. The third-order valence-corrected chi connectivity index (χ3v) is 5.75. The highest BCUT2D eigenvalue weighted by Gasteiger charge is 2.52. The monoisotopic (exact) mass is 370 g/mol. The van der Waals surface area contributed by atoms with E-state index in [1.54, 1.807) is 12.1 Å². The van der Waals surface area contributed by atoms with Gasteiger partial charge in [-0.1, -0.05) is 24.3 Å². The van der Waals surface area contributed by atoms with Crippen molar-refractivity contribution in [3.05, 3.63) is 71.3 Å². The number of carbonyl (C=O) groups is 1. The van der Waals surface area contributed by atoms with Crippen molar-refractivity contribution in [3.8, 4) is 0 Å². The second kappa shape index (κ2) is 7.39. The lowest BCUT2D eigenvalue weighted by Gasteiger charge is -2.27. The van der Waals surface area contributed by atoms with Crippen LogP contribution in [0.3, 0.4) is 0 Å². The first-order valence-electron chi connectivity index (χ1n) is 9.59. The lowest BCUT2D eigenvalue weighted by Crippen LogP contribution is -2.41. The predicted octanol–water partition coefficient (Wildman–Crippen LogP) is 3.73. The fourth-order valence-electron chi connectivity index (χ4n) is 4.00. The smallest absolute Gasteiger partial charge is 0.233 e. The maximum Gasteiger partial charge on any atom is 0.233 e. The van der Waals surface area contributed by atoms with Crippen LogP contribution in [0, 0.1) is 11.6 Å². The second-order valence-electron chi connectivity index (χ2n) is 7.64. The summed E-state index contributed by atoms with van der Waals surface area (Å²) in [5, 5.41) is 0. The first-order valence-corrected chi connectivity index (χ1v) is 9.59. The molecule has 2 fully saturated rings. The summed E-state index contributed by atoms with van der Waals surface area (Å²) in [5.41, 5.74) is 1.57. The van der Waals surface area contributed by atoms with E-state index in [9.17, 15) is 13.6 Å². The Morgan fingerprint density at radius 1 is 0.852 bits per heavy atom. The Labute approximate surface area is 158 Å². The number of halogens is 2. The van der Waals surface area contributed by atoms with Crippen LogP contribution in [0.5, 0.6) is 0 Å². The Morgan fingerprint density at radius 2 is 1.48 bits per heavy atom. The first-order chi connectivity index (χ1) is 13.1. The largest absolute Gasteiger partial charge is 0.341 e. The number of rotatable bonds is 4. The Hall–Kier alpha value is -2.27. The van der Waals surface area contributed by atoms with E-state index in [-0.39, 0.29) is 17.5 Å². The molecule has 4 rings (SSSR count). The molecule has 2 aromatic rings. The van der Waals surface area contributed by atoms with Gasteiger partial charge in [0, 0.05) is 32.7 Å². The van der Waals surface area contributed by atoms with Crippen LogP contribution in [0.1, 0.15) is 30.4 Å². The molecule has 2 aromatic carbocycles. The van der Waals surface area contributed by atoms with Gasteiger partial charge in [0.25, 0.3) is 0 Å². The maximum atomic E-state index is 13.2. The zero-order chi connectivity index (χ0) is 18.9. The van der Waals surface area contributed by atoms with Crippen molar-refractivity contribution in [2.24, 2.45) is 0 Å². The Balaban J connectivity index is 1.40. The molecule has 0 unspecified atom stereocenters. The van der Waals surface area contributed by atoms with Crippen LogP contribution in [0.25, 0.3) is 0 Å². The summed E-state index contributed by atoms with van der Waals surface area (Å²) in [6, 6.07) is 13.0. The van der Waals surface area contributed by atoms with Crippen molar-refractivity contribution in [2.75, 3.05) is 26.2 Å². The fraction of sp³-hybridized carbons (Fsp3) is 0.409. The molecular formula is C22H24F2N2O. The SMILES string of the molecule is O=C(N1CCCN(Cc2ccc(F)cc2)CC1)C1(c2ccc(F)cc2)CC1. The Kier molecular flexibility index (Phi) is 4.96. The van der Waals surface area contributed by atoms with Crippen molar-refractivity contribution >= 4 is 5.91 Å². The highest BCUT2D eigenvalue weighted by Crippen LogP contribution is 2.49. The maximum absolute atomic E-state index is 13.2. The minimum Gasteiger partial charge on any atom is -0.341 e. The highest BCUT2D eigenvalue weighted by atomic mass is 19.1. The number of amides is 1. The summed E-state index contributed by atoms with van der Waals surface area (Å²) in [4.78, 5) is 17.5. The van der Waals surface area contributed by atoms with Crippen LogP contribution in [0.15, 0.2) is 48.5 Å². The summed E-state index contributed by atoms with van der Waals surface area (Å²) in [7, 11) is 0. The quantitative estimate of drug-likeness (QED) is 0.819. The molecule has 1 amide bonds. The fourth-order valence-corrected chi connectivity index (χ4v) is 4.00. The Bertz CT molecular complexity index is 800. The minimum atomic E-state index is -0.445. The van der Waals surface area contributed by atoms with Crippen molar-refractivity contribution in [3.63, 3.8) is 0 Å². The van der Waals surface area contributed by atoms with E-state index in [0.717, 1.165) is 56.6 Å². The normalized spacial score (nSPS) is 19.6. The molecule has 5 heteroatoms. The average Bonchev–Trinajstić information content (AvgIpc) is 3.49. The van der Waals surface area contributed by atoms with Crippen LogP contribution >= 0.6 is 0 Å². The van der Waals surface area contributed by atoms with Gasteiger partial charge in [0.1, 0.15) is 11.6 Å². The van der Waals surface area contributed by atoms with E-state index in [1.807, 2.05) is 17.0 Å². The van der Waals surface area contributed by atoms with E-state index in [2.05, 4.69) is 4.90 Å². The molecule has 0 bridgehead atoms. The molecule has 1 saturated heterocycles. The lowest BCUT2D eigenvalue weighted by atomic mass is 9.94. The molecule has 142 valence electrons. The molecule has 0 aromatic heterocycles. The third kappa shape index (κ3) is 3.88. The molecule has 1 aliphatic carbocycles. The van der Waals surface area contributed by atoms with Crippen molar-refractivity contribution in [1.82, 2.24) is 9.80 Å². The number of benzene rings is 2. The molecular weight excluding hydrogens is 346 g/mol. The first kappa shape index (κ1) is 18.1. The minimum absolute atomic E-state index is 0.178. The average molecular weight is 370 g/mol. The van der Waals surface area contributed by atoms with Gasteiger partial charge in [-0.25, -0.2) is 8.78 Å². The zero-order valence-corrected chi connectivity index (χ0v) is 15.3. The third-order valence-electron chi connectivity index (χ3n) is 5.75. The van der Waals surface area contributed by atoms with Crippen molar-refractivity contribution in [1.29, 1.82) is 0 Å². The van der Waals surface area contributed by atoms with Crippen LogP contribution in [-0.4, -0.2) is 41.9 Å². The number of hydrogen-bond acceptors (Lipinski definition) is 2. The zero-order valence-electron chi connectivity index (χ0n) is 15.3. The highest BCUT2D eigenvalue weighted by molar-refractivity contribution is 5.91. The molecule has 0 N–H and O–H groups in total. The number of nitrogens with zero attached hydrogens (tertiary/aromatic N) is 2. The Morgan fingerprint density at radius 3 is 2.11 bits per heavy atom. The van der Waals surface area contributed by atoms with Gasteiger partial charge in [-0.3, -0.25) is 9.69 Å². The van der Waals surface area contributed by atoms with E-state index in [0.29, 0.717) is 6.54 Å². The van der Waals surface area contributed by atoms with Crippen LogP contribution < -0.4 is 0 Å². The topological polar surface area (TPSA) is 23.6 Å². The van der Waals surface area contributed by atoms with Gasteiger partial charge in [-0.05, 0) is 54.7 Å². The number of carbonyl (C=O) groups excluding carboxylic acids is 1. The van der Waals surface area contributed by atoms with Gasteiger partial charge in [0.05, 0.1) is 5.41 Å². The van der Waals surface area contributed by atoms with Crippen LogP contribution in [-0.2, 0) is 16.8 Å². The van der Waals surface area contributed by atoms with Gasteiger partial charge in [-0.2, -0.15) is 0 Å². The summed E-state index contributed by atoms with van der Waals surface area (Å²) in [6.07, 6.45) is 2.60. The lowest BCUT2D eigenvalue weighted by molar-refractivity contribution is -0.133. The molecule has 0 radical (unpaired) electrons. The van der Waals surface area contributed by atoms with Crippen LogP contribution in [0.2, 0.25) is 0 Å². The summed E-state index contributed by atoms with van der Waals surface area (Å²) < 4.78 is 26.3. The van der Waals surface area contributed by atoms with E-state index in [1.165, 1.54) is 24.3 Å². The number of hydrogen-bond donors (Lipinski definition) is 0. The molecule has 0 spiro atoms. The standard InChI is InChI=1S/C22H24F2N2O/c23-19-6-2-17(3-7-19)16-25-12-1-13-26(15-14-25)21(27)22(10-11-22)18-4-8-20(24)9-5-18/h2-9H,1,10-16H2. The van der Waals surface area contributed by atoms with E-state index in [4.69, 9.17) is 0 Å². The molecule has 1 heterocycles. The van der Waals surface area contributed by atoms with Crippen LogP contribution in [0.4, 0.5) is 8.78 Å². The molecule has 3 nitrogen and oxygen atoms in total. The molecule has 27 heavy (non-hydrogen) atoms. The van der Waals surface area contributed by atoms with Gasteiger partial charge in [0.15, 0.2) is 0 Å². The van der Waals surface area contributed by atoms with Gasteiger partial charge < -0.3 is 4.90 Å². The second-order valence-corrected chi connectivity index (χ2v) is 7.64. The van der Waals surface area contributed by atoms with E-state index < -0.39 is 5.41 Å². The van der Waals surface area contributed by atoms with E-state index >= 15 is 0 Å². The molecule has 1 saturated carbocycles. The summed E-state index contributed by atoms with van der Waals surface area (Å²) in [6.45, 7) is 3.95.